The topological polar surface area (TPSA) is 39.7 Å². The predicted molar refractivity (Wildman–Crippen MR) is 98.1 cm³/mol. The third-order valence-corrected chi connectivity index (χ3v) is 4.94. The average Bonchev–Trinajstić information content (AvgIpc) is 2.60. The zero-order chi connectivity index (χ0) is 17.2. The summed E-state index contributed by atoms with van der Waals surface area (Å²) < 4.78 is 16.6. The number of nitrogens with one attached hydrogen (secondary N) is 1. The molecule has 1 aliphatic heterocycles. The molecule has 0 spiro atoms. The van der Waals surface area contributed by atoms with Crippen LogP contribution in [0.2, 0.25) is 10.0 Å². The van der Waals surface area contributed by atoms with Gasteiger partial charge in [0.15, 0.2) is 6.29 Å². The molecule has 6 heteroatoms. The van der Waals surface area contributed by atoms with Crippen molar-refractivity contribution in [1.29, 1.82) is 0 Å². The van der Waals surface area contributed by atoms with Crippen LogP contribution in [0, 0.1) is 0 Å². The van der Waals surface area contributed by atoms with E-state index in [9.17, 15) is 0 Å². The Morgan fingerprint density at radius 2 is 2.12 bits per heavy atom. The Labute approximate surface area is 154 Å². The molecule has 0 saturated carbocycles. The van der Waals surface area contributed by atoms with Crippen molar-refractivity contribution in [2.45, 2.75) is 37.9 Å². The van der Waals surface area contributed by atoms with Gasteiger partial charge >= 0.3 is 0 Å². The molecule has 0 amide bonds. The number of hydrogen-bond donors (Lipinski definition) is 1. The highest BCUT2D eigenvalue weighted by molar-refractivity contribution is 6.42. The number of ether oxygens (including phenoxy) is 3. The van der Waals surface area contributed by atoms with Crippen LogP contribution in [0.1, 0.15) is 37.2 Å². The maximum absolute atomic E-state index is 6.17. The molecule has 2 rings (SSSR count). The maximum Gasteiger partial charge on any atom is 0.157 e. The van der Waals surface area contributed by atoms with E-state index >= 15 is 0 Å². The van der Waals surface area contributed by atoms with Crippen LogP contribution in [0.15, 0.2) is 18.2 Å². The van der Waals surface area contributed by atoms with Crippen LogP contribution in [0.5, 0.6) is 0 Å². The lowest BCUT2D eigenvalue weighted by molar-refractivity contribution is -0.163. The van der Waals surface area contributed by atoms with E-state index in [1.165, 1.54) is 12.0 Å². The number of halogens is 2. The van der Waals surface area contributed by atoms with Crippen LogP contribution < -0.4 is 5.32 Å². The Morgan fingerprint density at radius 1 is 1.25 bits per heavy atom. The Kier molecular flexibility index (Phi) is 9.39. The van der Waals surface area contributed by atoms with Crippen molar-refractivity contribution in [2.75, 3.05) is 40.0 Å². The minimum Gasteiger partial charge on any atom is -0.383 e. The quantitative estimate of drug-likeness (QED) is 0.620. The molecule has 2 atom stereocenters. The summed E-state index contributed by atoms with van der Waals surface area (Å²) in [5.41, 5.74) is 1.17. The Morgan fingerprint density at radius 3 is 2.83 bits per heavy atom. The number of benzene rings is 1. The number of rotatable bonds is 10. The van der Waals surface area contributed by atoms with E-state index in [4.69, 9.17) is 37.4 Å². The minimum atomic E-state index is -0.0466. The van der Waals surface area contributed by atoms with Crippen molar-refractivity contribution < 1.29 is 14.2 Å². The van der Waals surface area contributed by atoms with Crippen molar-refractivity contribution >= 4 is 23.2 Å². The molecule has 1 N–H and O–H groups in total. The summed E-state index contributed by atoms with van der Waals surface area (Å²) in [6.45, 7) is 3.83. The SMILES string of the molecule is COCCNCC(CCOC1CCCCO1)c1ccc(Cl)c(Cl)c1. The summed E-state index contributed by atoms with van der Waals surface area (Å²) in [5.74, 6) is 0.306. The number of methoxy groups -OCH3 is 1. The lowest BCUT2D eigenvalue weighted by Crippen LogP contribution is -2.27. The van der Waals surface area contributed by atoms with Crippen molar-refractivity contribution in [3.05, 3.63) is 33.8 Å². The molecule has 1 heterocycles. The molecule has 0 radical (unpaired) electrons. The highest BCUT2D eigenvalue weighted by Gasteiger charge is 2.17. The predicted octanol–water partition coefficient (Wildman–Crippen LogP) is 4.25. The molecule has 136 valence electrons. The molecular weight excluding hydrogens is 349 g/mol. The monoisotopic (exact) mass is 375 g/mol. The summed E-state index contributed by atoms with van der Waals surface area (Å²) in [6, 6.07) is 5.84. The lowest BCUT2D eigenvalue weighted by Gasteiger charge is -2.24. The largest absolute Gasteiger partial charge is 0.383 e. The molecule has 1 aromatic carbocycles. The molecule has 1 aromatic rings. The zero-order valence-electron chi connectivity index (χ0n) is 14.2. The third kappa shape index (κ3) is 6.87. The van der Waals surface area contributed by atoms with E-state index < -0.39 is 0 Å². The van der Waals surface area contributed by atoms with Crippen LogP contribution in [0.4, 0.5) is 0 Å². The summed E-state index contributed by atoms with van der Waals surface area (Å²) in [5, 5.41) is 4.59. The van der Waals surface area contributed by atoms with E-state index in [1.54, 1.807) is 7.11 Å². The minimum absolute atomic E-state index is 0.0466. The van der Waals surface area contributed by atoms with Crippen LogP contribution >= 0.6 is 23.2 Å². The standard InChI is InChI=1S/C18H27Cl2NO3/c1-22-11-8-21-13-15(14-5-6-16(19)17(20)12-14)7-10-24-18-4-2-3-9-23-18/h5-6,12,15,18,21H,2-4,7-11,13H2,1H3. The van der Waals surface area contributed by atoms with Crippen LogP contribution in [0.3, 0.4) is 0 Å². The highest BCUT2D eigenvalue weighted by Crippen LogP contribution is 2.28. The molecule has 24 heavy (non-hydrogen) atoms. The number of hydrogen-bond acceptors (Lipinski definition) is 4. The average molecular weight is 376 g/mol. The molecule has 0 aromatic heterocycles. The van der Waals surface area contributed by atoms with E-state index in [1.807, 2.05) is 18.2 Å². The second kappa shape index (κ2) is 11.3. The summed E-state index contributed by atoms with van der Waals surface area (Å²) in [4.78, 5) is 0. The van der Waals surface area contributed by atoms with Gasteiger partial charge < -0.3 is 19.5 Å². The molecule has 1 aliphatic rings. The first kappa shape index (κ1) is 20.0. The fourth-order valence-electron chi connectivity index (χ4n) is 2.79. The molecule has 4 nitrogen and oxygen atoms in total. The van der Waals surface area contributed by atoms with Crippen molar-refractivity contribution in [2.24, 2.45) is 0 Å². The molecule has 1 fully saturated rings. The first-order valence-electron chi connectivity index (χ1n) is 8.58. The van der Waals surface area contributed by atoms with Crippen LogP contribution in [-0.2, 0) is 14.2 Å². The van der Waals surface area contributed by atoms with Gasteiger partial charge in [-0.05, 0) is 49.3 Å². The maximum atomic E-state index is 6.17. The summed E-state index contributed by atoms with van der Waals surface area (Å²) in [6.07, 6.45) is 4.16. The second-order valence-corrected chi connectivity index (χ2v) is 6.84. The first-order valence-corrected chi connectivity index (χ1v) is 9.34. The molecule has 2 unspecified atom stereocenters. The molecule has 0 aliphatic carbocycles. The third-order valence-electron chi connectivity index (χ3n) is 4.20. The van der Waals surface area contributed by atoms with Gasteiger partial charge in [0.05, 0.1) is 23.3 Å². The lowest BCUT2D eigenvalue weighted by atomic mass is 9.96. The van der Waals surface area contributed by atoms with Gasteiger partial charge in [0.1, 0.15) is 0 Å². The van der Waals surface area contributed by atoms with Crippen molar-refractivity contribution in [3.63, 3.8) is 0 Å². The first-order chi connectivity index (χ1) is 11.7. The summed E-state index contributed by atoms with van der Waals surface area (Å²) >= 11 is 12.2. The smallest absolute Gasteiger partial charge is 0.157 e. The van der Waals surface area contributed by atoms with Gasteiger partial charge in [0, 0.05) is 26.8 Å². The van der Waals surface area contributed by atoms with E-state index in [0.717, 1.165) is 39.0 Å². The summed E-state index contributed by atoms with van der Waals surface area (Å²) in [7, 11) is 1.70. The van der Waals surface area contributed by atoms with Gasteiger partial charge in [-0.15, -0.1) is 0 Å². The highest BCUT2D eigenvalue weighted by atomic mass is 35.5. The Balaban J connectivity index is 1.87. The van der Waals surface area contributed by atoms with Crippen LogP contribution in [0.25, 0.3) is 0 Å². The Bertz CT molecular complexity index is 481. The second-order valence-electron chi connectivity index (χ2n) is 6.02. The Hall–Kier alpha value is -0.360. The normalized spacial score (nSPS) is 19.4. The fourth-order valence-corrected chi connectivity index (χ4v) is 3.09. The van der Waals surface area contributed by atoms with Gasteiger partial charge in [-0.25, -0.2) is 0 Å². The molecule has 1 saturated heterocycles. The van der Waals surface area contributed by atoms with Gasteiger partial charge in [-0.1, -0.05) is 29.3 Å². The van der Waals surface area contributed by atoms with Gasteiger partial charge in [0.25, 0.3) is 0 Å². The van der Waals surface area contributed by atoms with Crippen LogP contribution in [-0.4, -0.2) is 46.3 Å². The van der Waals surface area contributed by atoms with Gasteiger partial charge in [0.2, 0.25) is 0 Å². The zero-order valence-corrected chi connectivity index (χ0v) is 15.7. The molecule has 0 bridgehead atoms. The van der Waals surface area contributed by atoms with Crippen molar-refractivity contribution in [3.8, 4) is 0 Å². The van der Waals surface area contributed by atoms with Gasteiger partial charge in [-0.2, -0.15) is 0 Å². The van der Waals surface area contributed by atoms with E-state index in [0.29, 0.717) is 29.2 Å². The van der Waals surface area contributed by atoms with Crippen molar-refractivity contribution in [1.82, 2.24) is 5.32 Å². The van der Waals surface area contributed by atoms with E-state index in [-0.39, 0.29) is 6.29 Å². The molecular formula is C18H27Cl2NO3. The van der Waals surface area contributed by atoms with E-state index in [2.05, 4.69) is 5.32 Å². The van der Waals surface area contributed by atoms with Gasteiger partial charge in [-0.3, -0.25) is 0 Å². The fraction of sp³-hybridized carbons (Fsp3) is 0.667.